The number of carbonyl (C=O) groups is 1. The molecule has 2 rings (SSSR count). The number of carbonyl (C=O) groups excluding carboxylic acids is 1. The molecule has 4 nitrogen and oxygen atoms in total. The summed E-state index contributed by atoms with van der Waals surface area (Å²) in [6.07, 6.45) is 0. The van der Waals surface area contributed by atoms with Gasteiger partial charge in [0.2, 0.25) is 0 Å². The summed E-state index contributed by atoms with van der Waals surface area (Å²) in [4.78, 5) is 11.8. The maximum Gasteiger partial charge on any atom is 0.257 e. The Morgan fingerprint density at radius 1 is 1.08 bits per heavy atom. The van der Waals surface area contributed by atoms with E-state index in [0.717, 1.165) is 22.8 Å². The first-order valence-electron chi connectivity index (χ1n) is 7.63. The standard InChI is InChI=1S/C18H19Cl2NO3S/c1-23-14-3-5-15(6-4-14)24-11-18(22)21-8-9-25-12-13-2-7-16(19)17(20)10-13/h2-7,10H,8-9,11-12H2,1H3,(H,21,22). The van der Waals surface area contributed by atoms with Crippen LogP contribution in [0.1, 0.15) is 5.56 Å². The molecule has 0 spiro atoms. The minimum atomic E-state index is -0.147. The smallest absolute Gasteiger partial charge is 0.257 e. The van der Waals surface area contributed by atoms with Gasteiger partial charge in [0.25, 0.3) is 5.91 Å². The van der Waals surface area contributed by atoms with Gasteiger partial charge in [0.15, 0.2) is 6.61 Å². The number of methoxy groups -OCH3 is 1. The largest absolute Gasteiger partial charge is 0.497 e. The van der Waals surface area contributed by atoms with Crippen molar-refractivity contribution in [2.75, 3.05) is 26.0 Å². The quantitative estimate of drug-likeness (QED) is 0.633. The van der Waals surface area contributed by atoms with Gasteiger partial charge in [0.05, 0.1) is 17.2 Å². The van der Waals surface area contributed by atoms with Crippen molar-refractivity contribution in [3.05, 3.63) is 58.1 Å². The van der Waals surface area contributed by atoms with Gasteiger partial charge >= 0.3 is 0 Å². The minimum absolute atomic E-state index is 0.0101. The first kappa shape index (κ1) is 19.8. The van der Waals surface area contributed by atoms with E-state index in [0.29, 0.717) is 22.3 Å². The number of hydrogen-bond acceptors (Lipinski definition) is 4. The van der Waals surface area contributed by atoms with Crippen LogP contribution in [0.15, 0.2) is 42.5 Å². The Bertz CT molecular complexity index is 695. The number of amides is 1. The van der Waals surface area contributed by atoms with Crippen molar-refractivity contribution in [3.63, 3.8) is 0 Å². The Hall–Kier alpha value is -1.56. The molecule has 1 amide bonds. The van der Waals surface area contributed by atoms with E-state index in [2.05, 4.69) is 5.32 Å². The SMILES string of the molecule is COc1ccc(OCC(=O)NCCSCc2ccc(Cl)c(Cl)c2)cc1. The number of hydrogen-bond donors (Lipinski definition) is 1. The molecule has 0 saturated carbocycles. The number of thioether (sulfide) groups is 1. The third kappa shape index (κ3) is 7.06. The van der Waals surface area contributed by atoms with Crippen molar-refractivity contribution in [2.24, 2.45) is 0 Å². The van der Waals surface area contributed by atoms with Gasteiger partial charge in [0.1, 0.15) is 11.5 Å². The van der Waals surface area contributed by atoms with Crippen LogP contribution in [-0.4, -0.2) is 31.9 Å². The lowest BCUT2D eigenvalue weighted by molar-refractivity contribution is -0.122. The zero-order chi connectivity index (χ0) is 18.1. The monoisotopic (exact) mass is 399 g/mol. The first-order chi connectivity index (χ1) is 12.1. The maximum atomic E-state index is 11.8. The molecule has 0 aliphatic rings. The number of ether oxygens (including phenoxy) is 2. The van der Waals surface area contributed by atoms with Crippen LogP contribution in [0.4, 0.5) is 0 Å². The van der Waals surface area contributed by atoms with Crippen LogP contribution in [0.2, 0.25) is 10.0 Å². The highest BCUT2D eigenvalue weighted by molar-refractivity contribution is 7.98. The zero-order valence-electron chi connectivity index (χ0n) is 13.8. The van der Waals surface area contributed by atoms with Gasteiger partial charge in [-0.1, -0.05) is 29.3 Å². The van der Waals surface area contributed by atoms with E-state index in [1.54, 1.807) is 49.2 Å². The third-order valence-corrected chi connectivity index (χ3v) is 5.02. The summed E-state index contributed by atoms with van der Waals surface area (Å²) in [7, 11) is 1.60. The van der Waals surface area contributed by atoms with Crippen LogP contribution in [0.3, 0.4) is 0 Å². The molecule has 134 valence electrons. The number of halogens is 2. The molecule has 0 aliphatic heterocycles. The van der Waals surface area contributed by atoms with Crippen molar-refractivity contribution in [1.82, 2.24) is 5.32 Å². The lowest BCUT2D eigenvalue weighted by Gasteiger charge is -2.08. The molecule has 0 radical (unpaired) electrons. The van der Waals surface area contributed by atoms with E-state index in [9.17, 15) is 4.79 Å². The molecule has 0 fully saturated rings. The number of rotatable bonds is 9. The molecule has 0 heterocycles. The van der Waals surface area contributed by atoms with Gasteiger partial charge < -0.3 is 14.8 Å². The summed E-state index contributed by atoms with van der Waals surface area (Å²) >= 11 is 13.6. The fourth-order valence-electron chi connectivity index (χ4n) is 1.95. The van der Waals surface area contributed by atoms with Gasteiger partial charge in [0, 0.05) is 18.1 Å². The minimum Gasteiger partial charge on any atom is -0.497 e. The van der Waals surface area contributed by atoms with E-state index >= 15 is 0 Å². The average Bonchev–Trinajstić information content (AvgIpc) is 2.63. The Balaban J connectivity index is 1.59. The van der Waals surface area contributed by atoms with E-state index in [1.165, 1.54) is 0 Å². The van der Waals surface area contributed by atoms with Crippen LogP contribution >= 0.6 is 35.0 Å². The highest BCUT2D eigenvalue weighted by Crippen LogP contribution is 2.24. The first-order valence-corrected chi connectivity index (χ1v) is 9.55. The van der Waals surface area contributed by atoms with Crippen molar-refractivity contribution >= 4 is 40.9 Å². The van der Waals surface area contributed by atoms with Gasteiger partial charge in [-0.3, -0.25) is 4.79 Å². The van der Waals surface area contributed by atoms with Crippen molar-refractivity contribution in [1.29, 1.82) is 0 Å². The second kappa shape index (κ2) is 10.4. The average molecular weight is 400 g/mol. The molecule has 0 aliphatic carbocycles. The highest BCUT2D eigenvalue weighted by Gasteiger charge is 2.03. The zero-order valence-corrected chi connectivity index (χ0v) is 16.1. The summed E-state index contributed by atoms with van der Waals surface area (Å²) in [5.41, 5.74) is 1.11. The van der Waals surface area contributed by atoms with Gasteiger partial charge in [-0.05, 0) is 42.0 Å². The molecule has 1 N–H and O–H groups in total. The molecule has 2 aromatic rings. The predicted octanol–water partition coefficient (Wildman–Crippen LogP) is 4.43. The van der Waals surface area contributed by atoms with Gasteiger partial charge in [-0.25, -0.2) is 0 Å². The second-order valence-corrected chi connectivity index (χ2v) is 7.03. The lowest BCUT2D eigenvalue weighted by Crippen LogP contribution is -2.30. The summed E-state index contributed by atoms with van der Waals surface area (Å²) in [5, 5.41) is 3.94. The Kier molecular flexibility index (Phi) is 8.25. The highest BCUT2D eigenvalue weighted by atomic mass is 35.5. The topological polar surface area (TPSA) is 47.6 Å². The summed E-state index contributed by atoms with van der Waals surface area (Å²) in [6.45, 7) is 0.570. The van der Waals surface area contributed by atoms with Crippen molar-refractivity contribution in [2.45, 2.75) is 5.75 Å². The van der Waals surface area contributed by atoms with Crippen molar-refractivity contribution in [3.8, 4) is 11.5 Å². The molecular weight excluding hydrogens is 381 g/mol. The maximum absolute atomic E-state index is 11.8. The molecule has 0 saturated heterocycles. The number of nitrogens with one attached hydrogen (secondary N) is 1. The van der Waals surface area contributed by atoms with E-state index < -0.39 is 0 Å². The molecule has 0 aromatic heterocycles. The van der Waals surface area contributed by atoms with Crippen LogP contribution in [-0.2, 0) is 10.5 Å². The van der Waals surface area contributed by atoms with Gasteiger partial charge in [-0.2, -0.15) is 11.8 Å². The Morgan fingerprint density at radius 2 is 1.80 bits per heavy atom. The van der Waals surface area contributed by atoms with Crippen LogP contribution in [0, 0.1) is 0 Å². The van der Waals surface area contributed by atoms with Crippen LogP contribution in [0.25, 0.3) is 0 Å². The van der Waals surface area contributed by atoms with Crippen LogP contribution in [0.5, 0.6) is 11.5 Å². The van der Waals surface area contributed by atoms with E-state index in [4.69, 9.17) is 32.7 Å². The van der Waals surface area contributed by atoms with Gasteiger partial charge in [-0.15, -0.1) is 0 Å². The molecule has 0 bridgehead atoms. The fraction of sp³-hybridized carbons (Fsp3) is 0.278. The normalized spacial score (nSPS) is 10.4. The van der Waals surface area contributed by atoms with E-state index in [-0.39, 0.29) is 12.5 Å². The Morgan fingerprint density at radius 3 is 2.48 bits per heavy atom. The Labute approximate surface area is 161 Å². The van der Waals surface area contributed by atoms with E-state index in [1.807, 2.05) is 12.1 Å². The molecule has 0 unspecified atom stereocenters. The second-order valence-electron chi connectivity index (χ2n) is 5.12. The number of benzene rings is 2. The molecule has 25 heavy (non-hydrogen) atoms. The molecular formula is C18H19Cl2NO3S. The van der Waals surface area contributed by atoms with Crippen LogP contribution < -0.4 is 14.8 Å². The molecule has 7 heteroatoms. The summed E-state index contributed by atoms with van der Waals surface area (Å²) in [6, 6.07) is 12.7. The third-order valence-electron chi connectivity index (χ3n) is 3.25. The predicted molar refractivity (Wildman–Crippen MR) is 104 cm³/mol. The lowest BCUT2D eigenvalue weighted by atomic mass is 10.2. The van der Waals surface area contributed by atoms with Crippen molar-refractivity contribution < 1.29 is 14.3 Å². The molecule has 0 atom stereocenters. The fourth-order valence-corrected chi connectivity index (χ4v) is 3.08. The summed E-state index contributed by atoms with van der Waals surface area (Å²) < 4.78 is 10.5. The molecule has 2 aromatic carbocycles. The summed E-state index contributed by atoms with van der Waals surface area (Å²) in [5.74, 6) is 2.84.